The number of hydrogen-bond donors (Lipinski definition) is 1. The van der Waals surface area contributed by atoms with Crippen molar-refractivity contribution < 1.29 is 32.2 Å². The second kappa shape index (κ2) is 15.3. The third-order valence-electron chi connectivity index (χ3n) is 10.5. The fourth-order valence-corrected chi connectivity index (χ4v) is 7.80. The number of ether oxygens (including phenoxy) is 2. The summed E-state index contributed by atoms with van der Waals surface area (Å²) in [5.41, 5.74) is 1.12. The molecule has 0 spiro atoms. The second-order valence-corrected chi connectivity index (χ2v) is 14.6. The van der Waals surface area contributed by atoms with E-state index >= 15 is 0 Å². The molecule has 3 aliphatic rings. The molecule has 2 amide bonds. The summed E-state index contributed by atoms with van der Waals surface area (Å²) >= 11 is 6.22. The van der Waals surface area contributed by atoms with Crippen molar-refractivity contribution in [2.24, 2.45) is 0 Å². The van der Waals surface area contributed by atoms with Gasteiger partial charge in [-0.2, -0.15) is 22.7 Å². The SMILES string of the molecule is Cc1ncnc(C(=O)N2CCN(c3c4n(c5nc(N6CCOCC6)nn5c3=O)C(C(=O)Nc3ccc(C(F)(F)F)cc3Cl)CC4C)CC2)c1OCc1ccccc1. The number of fused-ring (bicyclic) bond motifs is 3. The smallest absolute Gasteiger partial charge is 0.416 e. The number of nitrogens with zero attached hydrogens (tertiary/aromatic N) is 9. The van der Waals surface area contributed by atoms with Gasteiger partial charge in [-0.1, -0.05) is 48.9 Å². The zero-order chi connectivity index (χ0) is 40.0. The van der Waals surface area contributed by atoms with Gasteiger partial charge in [0.05, 0.1) is 40.9 Å². The van der Waals surface area contributed by atoms with E-state index in [0.717, 1.165) is 23.8 Å². The van der Waals surface area contributed by atoms with Gasteiger partial charge in [-0.05, 0) is 37.1 Å². The minimum atomic E-state index is -4.61. The summed E-state index contributed by atoms with van der Waals surface area (Å²) in [6, 6.07) is 11.4. The van der Waals surface area contributed by atoms with Crippen LogP contribution in [0.2, 0.25) is 5.02 Å². The standard InChI is InChI=1S/C38H38ClF3N10O5/c1-22-18-28(33(53)45-27-9-8-25(19-26(27)39)38(40,41)42)51-30(22)31(35(55)52-37(51)46-36(47-52)50-14-16-56-17-15-50)48-10-12-49(13-11-48)34(54)29-32(23(2)43-21-44-29)57-20-24-6-4-3-5-7-24/h3-9,19,21-22,28H,10-18,20H2,1-2H3,(H,45,53). The summed E-state index contributed by atoms with van der Waals surface area (Å²) in [7, 11) is 0. The normalized spacial score (nSPS) is 18.5. The molecule has 0 saturated carbocycles. The lowest BCUT2D eigenvalue weighted by Gasteiger charge is -2.36. The maximum Gasteiger partial charge on any atom is 0.416 e. The number of carbonyl (C=O) groups excluding carboxylic acids is 2. The minimum absolute atomic E-state index is 0.0109. The largest absolute Gasteiger partial charge is 0.485 e. The molecule has 15 nitrogen and oxygen atoms in total. The quantitative estimate of drug-likeness (QED) is 0.232. The minimum Gasteiger partial charge on any atom is -0.485 e. The molecule has 6 heterocycles. The Bertz CT molecular complexity index is 2400. The topological polar surface area (TPSA) is 152 Å². The number of aryl methyl sites for hydroxylation is 1. The molecule has 2 aromatic carbocycles. The number of morpholine rings is 1. The van der Waals surface area contributed by atoms with Crippen LogP contribution >= 0.6 is 11.6 Å². The van der Waals surface area contributed by atoms with E-state index < -0.39 is 29.2 Å². The molecular formula is C38H38ClF3N10O5. The van der Waals surface area contributed by atoms with Crippen LogP contribution in [-0.2, 0) is 22.3 Å². The highest BCUT2D eigenvalue weighted by Crippen LogP contribution is 2.42. The zero-order valence-electron chi connectivity index (χ0n) is 31.0. The Kier molecular flexibility index (Phi) is 10.2. The van der Waals surface area contributed by atoms with Crippen LogP contribution in [0.5, 0.6) is 5.75 Å². The molecule has 0 aliphatic carbocycles. The van der Waals surface area contributed by atoms with Crippen molar-refractivity contribution in [3.8, 4) is 5.75 Å². The van der Waals surface area contributed by atoms with Crippen molar-refractivity contribution in [3.05, 3.63) is 98.4 Å². The average Bonchev–Trinajstić information content (AvgIpc) is 3.81. The number of benzene rings is 2. The third kappa shape index (κ3) is 7.34. The molecule has 8 rings (SSSR count). The number of rotatable bonds is 8. The van der Waals surface area contributed by atoms with Gasteiger partial charge in [0.2, 0.25) is 17.6 Å². The van der Waals surface area contributed by atoms with Gasteiger partial charge >= 0.3 is 6.18 Å². The molecule has 298 valence electrons. The van der Waals surface area contributed by atoms with Gasteiger partial charge < -0.3 is 29.5 Å². The summed E-state index contributed by atoms with van der Waals surface area (Å²) < 4.78 is 54.5. The van der Waals surface area contributed by atoms with Gasteiger partial charge in [0.15, 0.2) is 11.4 Å². The van der Waals surface area contributed by atoms with E-state index in [-0.39, 0.29) is 73.2 Å². The summed E-state index contributed by atoms with van der Waals surface area (Å²) in [5.74, 6) is -0.456. The molecule has 2 atom stereocenters. The van der Waals surface area contributed by atoms with Crippen molar-refractivity contribution in [3.63, 3.8) is 0 Å². The van der Waals surface area contributed by atoms with Gasteiger partial charge in [0.25, 0.3) is 11.5 Å². The number of halogens is 4. The van der Waals surface area contributed by atoms with Crippen molar-refractivity contribution in [2.45, 2.75) is 45.0 Å². The first kappa shape index (κ1) is 38.1. The monoisotopic (exact) mass is 806 g/mol. The number of amides is 2. The van der Waals surface area contributed by atoms with E-state index in [1.165, 1.54) is 10.8 Å². The summed E-state index contributed by atoms with van der Waals surface area (Å²) in [6.07, 6.45) is -3.02. The van der Waals surface area contributed by atoms with Crippen LogP contribution < -0.4 is 25.4 Å². The van der Waals surface area contributed by atoms with Gasteiger partial charge in [-0.15, -0.1) is 5.10 Å². The molecule has 0 radical (unpaired) electrons. The number of piperazine rings is 1. The summed E-state index contributed by atoms with van der Waals surface area (Å²) in [5, 5.41) is 7.05. The molecule has 2 fully saturated rings. The Labute approximate surface area is 329 Å². The Morgan fingerprint density at radius 2 is 1.74 bits per heavy atom. The van der Waals surface area contributed by atoms with Crippen LogP contribution in [0.25, 0.3) is 5.78 Å². The van der Waals surface area contributed by atoms with Crippen LogP contribution in [-0.4, -0.2) is 98.3 Å². The second-order valence-electron chi connectivity index (χ2n) is 14.2. The lowest BCUT2D eigenvalue weighted by atomic mass is 10.0. The van der Waals surface area contributed by atoms with Crippen LogP contribution in [0.1, 0.15) is 58.3 Å². The number of aromatic nitrogens is 6. The summed E-state index contributed by atoms with van der Waals surface area (Å²) in [6.45, 7) is 6.82. The van der Waals surface area contributed by atoms with Crippen molar-refractivity contribution >= 4 is 46.5 Å². The molecule has 0 bridgehead atoms. The predicted octanol–water partition coefficient (Wildman–Crippen LogP) is 4.73. The van der Waals surface area contributed by atoms with Gasteiger partial charge in [0.1, 0.15) is 24.7 Å². The molecule has 57 heavy (non-hydrogen) atoms. The van der Waals surface area contributed by atoms with E-state index in [0.29, 0.717) is 55.1 Å². The lowest BCUT2D eigenvalue weighted by molar-refractivity contribution is -0.137. The van der Waals surface area contributed by atoms with E-state index in [1.807, 2.05) is 47.1 Å². The number of alkyl halides is 3. The van der Waals surface area contributed by atoms with Crippen LogP contribution in [0.4, 0.5) is 30.5 Å². The molecular weight excluding hydrogens is 769 g/mol. The van der Waals surface area contributed by atoms with Gasteiger partial charge in [-0.3, -0.25) is 19.0 Å². The fraction of sp³-hybridized carbons (Fsp3) is 0.395. The molecule has 3 aromatic heterocycles. The lowest BCUT2D eigenvalue weighted by Crippen LogP contribution is -2.51. The van der Waals surface area contributed by atoms with Crippen LogP contribution in [0, 0.1) is 6.92 Å². The Morgan fingerprint density at radius 1 is 1.00 bits per heavy atom. The maximum atomic E-state index is 14.5. The predicted molar refractivity (Wildman–Crippen MR) is 203 cm³/mol. The maximum absolute atomic E-state index is 14.5. The first-order chi connectivity index (χ1) is 27.4. The van der Waals surface area contributed by atoms with E-state index in [2.05, 4.69) is 20.4 Å². The highest BCUT2D eigenvalue weighted by Gasteiger charge is 2.41. The van der Waals surface area contributed by atoms with Gasteiger partial charge in [0, 0.05) is 45.2 Å². The van der Waals surface area contributed by atoms with Gasteiger partial charge in [-0.25, -0.2) is 9.97 Å². The molecule has 1 N–H and O–H groups in total. The number of carbonyl (C=O) groups is 2. The Morgan fingerprint density at radius 3 is 2.44 bits per heavy atom. The van der Waals surface area contributed by atoms with Crippen molar-refractivity contribution in [1.29, 1.82) is 0 Å². The summed E-state index contributed by atoms with van der Waals surface area (Å²) in [4.78, 5) is 61.3. The molecule has 2 saturated heterocycles. The molecule has 5 aromatic rings. The zero-order valence-corrected chi connectivity index (χ0v) is 31.8. The van der Waals surface area contributed by atoms with E-state index in [9.17, 15) is 27.6 Å². The van der Waals surface area contributed by atoms with E-state index in [1.54, 1.807) is 16.4 Å². The van der Waals surface area contributed by atoms with Crippen molar-refractivity contribution in [1.82, 2.24) is 34.0 Å². The Balaban J connectivity index is 1.10. The highest BCUT2D eigenvalue weighted by atomic mass is 35.5. The van der Waals surface area contributed by atoms with Crippen molar-refractivity contribution in [2.75, 3.05) is 67.6 Å². The first-order valence-electron chi connectivity index (χ1n) is 18.5. The Hall–Kier alpha value is -5.75. The van der Waals surface area contributed by atoms with Crippen LogP contribution in [0.3, 0.4) is 0 Å². The number of anilines is 3. The third-order valence-corrected chi connectivity index (χ3v) is 10.8. The first-order valence-corrected chi connectivity index (χ1v) is 18.8. The average molecular weight is 807 g/mol. The van der Waals surface area contributed by atoms with E-state index in [4.69, 9.17) is 26.1 Å². The highest BCUT2D eigenvalue weighted by molar-refractivity contribution is 6.33. The molecule has 19 heteroatoms. The number of nitrogens with one attached hydrogen (secondary N) is 1. The fourth-order valence-electron chi connectivity index (χ4n) is 7.57. The van der Waals surface area contributed by atoms with Crippen LogP contribution in [0.15, 0.2) is 59.7 Å². The molecule has 3 aliphatic heterocycles. The number of hydrogen-bond acceptors (Lipinski definition) is 11. The molecule has 2 unspecified atom stereocenters.